The molecule has 1 aliphatic rings. The Labute approximate surface area is 831 Å². The molecule has 3 rings (SSSR count). The Hall–Kier alpha value is -8.10. The summed E-state index contributed by atoms with van der Waals surface area (Å²) < 4.78 is 73.7. The second-order valence-corrected chi connectivity index (χ2v) is 36.5. The van der Waals surface area contributed by atoms with Gasteiger partial charge in [-0.25, -0.2) is 4.98 Å². The normalized spacial score (nSPS) is 15.4. The number of aliphatic carboxylic acids is 1. The van der Waals surface area contributed by atoms with Crippen molar-refractivity contribution in [1.29, 1.82) is 0 Å². The highest BCUT2D eigenvalue weighted by molar-refractivity contribution is 8.76. The summed E-state index contributed by atoms with van der Waals surface area (Å²) in [6.45, 7) is 20.3. The van der Waals surface area contributed by atoms with Gasteiger partial charge in [-0.15, -0.1) is 11.3 Å². The van der Waals surface area contributed by atoms with E-state index in [4.69, 9.17) is 91.8 Å². The minimum atomic E-state index is -1.05. The number of piperidine rings is 1. The molecule has 0 spiro atoms. The first-order valence-electron chi connectivity index (χ1n) is 47.7. The summed E-state index contributed by atoms with van der Waals surface area (Å²) in [6.07, 6.45) is 5.34. The van der Waals surface area contributed by atoms with E-state index < -0.39 is 128 Å². The molecule has 1 fully saturated rings. The van der Waals surface area contributed by atoms with Gasteiger partial charge in [0.1, 0.15) is 42.3 Å². The number of phenols is 1. The number of ether oxygens (including phenoxy) is 14. The summed E-state index contributed by atoms with van der Waals surface area (Å²) in [6, 6.07) is 3.73. The number of aliphatic hydroxyl groups excluding tert-OH is 5. The van der Waals surface area contributed by atoms with Gasteiger partial charge in [-0.3, -0.25) is 67.2 Å². The van der Waals surface area contributed by atoms with Crippen LogP contribution in [0.25, 0.3) is 0 Å². The largest absolute Gasteiger partial charge is 0.508 e. The number of methoxy groups -OCH3 is 4. The van der Waals surface area contributed by atoms with Gasteiger partial charge in [0, 0.05) is 124 Å². The number of nitrogens with zero attached hydrogens (tertiary/aromatic N) is 3. The highest BCUT2D eigenvalue weighted by Crippen LogP contribution is 2.33. The summed E-state index contributed by atoms with van der Waals surface area (Å²) in [5.74, 6) is -6.61. The smallest absolute Gasteiger partial charge is 0.308 e. The summed E-state index contributed by atoms with van der Waals surface area (Å²) in [4.78, 5) is 171. The van der Waals surface area contributed by atoms with E-state index in [9.17, 15) is 72.5 Å². The summed E-state index contributed by atoms with van der Waals surface area (Å²) in [7, 11) is 10.6. The first kappa shape index (κ1) is 131. The van der Waals surface area contributed by atoms with Crippen LogP contribution in [0.2, 0.25) is 0 Å². The van der Waals surface area contributed by atoms with E-state index in [0.29, 0.717) is 83.1 Å². The molecule has 2 heterocycles. The number of amides is 6. The molecular formula is C94H162N8O34S3. The third-order valence-corrected chi connectivity index (χ3v) is 24.2. The molecule has 12 N–H and O–H groups in total. The van der Waals surface area contributed by atoms with Gasteiger partial charge in [0.2, 0.25) is 29.5 Å². The van der Waals surface area contributed by atoms with Gasteiger partial charge in [0.05, 0.1) is 81.8 Å². The van der Waals surface area contributed by atoms with Crippen molar-refractivity contribution >= 4 is 110 Å². The molecule has 42 nitrogen and oxygen atoms in total. The fraction of sp³-hybridized carbons (Fsp3) is 0.766. The number of hydrogen-bond acceptors (Lipinski definition) is 38. The van der Waals surface area contributed by atoms with Crippen molar-refractivity contribution in [2.75, 3.05) is 140 Å². The molecule has 6 amide bonds. The van der Waals surface area contributed by atoms with Gasteiger partial charge in [-0.2, -0.15) is 0 Å². The summed E-state index contributed by atoms with van der Waals surface area (Å²) in [5, 5.41) is 79.3. The maximum absolute atomic E-state index is 14.9. The van der Waals surface area contributed by atoms with E-state index in [0.717, 1.165) is 36.3 Å². The lowest BCUT2D eigenvalue weighted by molar-refractivity contribution is -0.194. The molecule has 0 radical (unpaired) electrons. The second kappa shape index (κ2) is 80.3. The van der Waals surface area contributed by atoms with Crippen LogP contribution in [0.4, 0.5) is 0 Å². The summed E-state index contributed by atoms with van der Waals surface area (Å²) >= 11 is 1.08. The van der Waals surface area contributed by atoms with E-state index in [1.807, 2.05) is 80.5 Å². The number of aliphatic hydroxyl groups is 5. The van der Waals surface area contributed by atoms with Gasteiger partial charge < -0.3 is 134 Å². The Morgan fingerprint density at radius 3 is 1.47 bits per heavy atom. The number of esters is 6. The third-order valence-electron chi connectivity index (χ3n) is 21.6. The molecule has 1 saturated heterocycles. The monoisotopic (exact) mass is 2040 g/mol. The molecule has 8 unspecified atom stereocenters. The highest BCUT2D eigenvalue weighted by Gasteiger charge is 2.40. The average Bonchev–Trinajstić information content (AvgIpc) is 1.64. The molecule has 45 heteroatoms. The number of likely N-dealkylation sites (tertiary alicyclic amines) is 1. The van der Waals surface area contributed by atoms with Crippen LogP contribution in [0.5, 0.6) is 5.75 Å². The number of thiazole rings is 1. The number of carboxylic acids is 1. The predicted octanol–water partition coefficient (Wildman–Crippen LogP) is 7.28. The van der Waals surface area contributed by atoms with Gasteiger partial charge in [0.15, 0.2) is 38.0 Å². The van der Waals surface area contributed by atoms with E-state index in [2.05, 4.69) is 31.6 Å². The van der Waals surface area contributed by atoms with E-state index in [1.165, 1.54) is 68.6 Å². The van der Waals surface area contributed by atoms with Crippen molar-refractivity contribution in [3.05, 3.63) is 45.9 Å². The Morgan fingerprint density at radius 1 is 0.561 bits per heavy atom. The quantitative estimate of drug-likeness (QED) is 0.0102. The molecule has 1 aromatic heterocycles. The molecule has 2 aromatic rings. The van der Waals surface area contributed by atoms with Crippen molar-refractivity contribution in [2.24, 2.45) is 17.8 Å². The molecule has 1 aliphatic heterocycles. The number of benzene rings is 1. The first-order chi connectivity index (χ1) is 66.4. The van der Waals surface area contributed by atoms with Gasteiger partial charge in [-0.1, -0.05) is 116 Å². The van der Waals surface area contributed by atoms with Crippen LogP contribution < -0.4 is 26.6 Å². The number of carbonyl (C=O) groups excluding carboxylic acids is 12. The molecule has 139 heavy (non-hydrogen) atoms. The number of carbonyl (C=O) groups is 13. The Balaban J connectivity index is 0.00000258. The lowest BCUT2D eigenvalue weighted by Crippen LogP contribution is -2.59. The number of phenolic OH excluding ortho intramolecular Hbond substituents is 1. The molecule has 0 bridgehead atoms. The van der Waals surface area contributed by atoms with E-state index in [-0.39, 0.29) is 213 Å². The predicted molar refractivity (Wildman–Crippen MR) is 518 cm³/mol. The van der Waals surface area contributed by atoms with Crippen molar-refractivity contribution in [2.45, 2.75) is 310 Å². The topological polar surface area (TPSA) is 572 Å². The number of hydrogen-bond donors (Lipinski definition) is 12. The molecule has 15 atom stereocenters. The van der Waals surface area contributed by atoms with Crippen LogP contribution in [0, 0.1) is 17.8 Å². The van der Waals surface area contributed by atoms with Crippen LogP contribution in [-0.4, -0.2) is 341 Å². The molecular weight excluding hydrogens is 1880 g/mol. The third kappa shape index (κ3) is 60.8. The second-order valence-electron chi connectivity index (χ2n) is 33.1. The van der Waals surface area contributed by atoms with Gasteiger partial charge in [-0.05, 0) is 139 Å². The molecule has 0 aliphatic carbocycles. The Morgan fingerprint density at radius 2 is 1.04 bits per heavy atom. The minimum Gasteiger partial charge on any atom is -0.508 e. The van der Waals surface area contributed by atoms with Crippen molar-refractivity contribution in [1.82, 2.24) is 41.4 Å². The van der Waals surface area contributed by atoms with Gasteiger partial charge in [0.25, 0.3) is 5.91 Å². The molecule has 0 saturated carbocycles. The standard InChI is InChI=1S/C57H90N6O16S.C18H34N2O7S2.C12H22O7.C7H16O4/c1-11-18-49(68)77-35-63(56(72)52(37(6)12-2)61-54(71)45-19-14-15-27-62(45)9)46(36(4)5)31-47(78-39(8)65)55-60-44(34-80-55)53(70)59-41(30-40-22-24-42(66)25-23-40)29-38(7)57(73)75-28-17-26-58-48(67)20-16-21-50(69)76-33-51(74-10)79-43(13-3)32-64;1-4-14(11-21)27-18(25-2)12-26-17(24)8-5-7-15(22)19-9-6-10-20-16(23)13-29-28-3;1-3-9(7-13)19-12(17-2)8-18-11(16)6-4-5-10(14)15;1-3-6(4-8)11-7(5-9)10-2/h22-25,34,36-38,41,43,45-47,51-52,64,66H,11-21,26-33,35H2,1-10H3,(H,58,67)(H,59,70)(H,61,71);14,18,21H,4-13H2,1-3H3,(H,19,22)(H,20,23);9,12-13H,3-8H2,1-2H3,(H,14,15);6-9H,3-5H2,1-2H3/t37-,38-,41+,43?,45+,46+,47+,51?,52-;;;/m0.../s1. The van der Waals surface area contributed by atoms with Crippen LogP contribution in [-0.2, 0) is 130 Å². The lowest BCUT2D eigenvalue weighted by atomic mass is 9.92. The number of aromatic nitrogens is 1. The number of aromatic hydroxyl groups is 1. The fourth-order valence-corrected chi connectivity index (χ4v) is 14.9. The fourth-order valence-electron chi connectivity index (χ4n) is 13.0. The molecule has 1 aromatic carbocycles. The van der Waals surface area contributed by atoms with Crippen LogP contribution >= 0.6 is 32.9 Å². The SMILES string of the molecule is CCC(CO)OC(CO)OC.CCC(CO)OC(COC(=O)CCCC(=O)NCCCNC(=O)CSSC)OC.CCC(CO)OC(COC(=O)CCCC(=O)O)OC.CCCC(=O)OCN(C(=O)[C@@H](NC(=O)[C@H]1CCCCN1C)[C@@H](C)CC)[C@H](C[C@@H](OC(C)=O)c1nc(C(=O)N[C@@H](Cc2ccc(O)cc2)C[C@H](C)C(=O)OCCCNC(=O)CCCC(=O)OCC(OC)OC(CC)CO)cs1)C(C)C. The maximum Gasteiger partial charge on any atom is 0.308 e. The van der Waals surface area contributed by atoms with Gasteiger partial charge >= 0.3 is 41.8 Å². The van der Waals surface area contributed by atoms with Crippen LogP contribution in [0.3, 0.4) is 0 Å². The van der Waals surface area contributed by atoms with Crippen molar-refractivity contribution in [3.63, 3.8) is 0 Å². The number of likely N-dealkylation sites (N-methyl/N-ethyl adjacent to an activating group) is 1. The minimum absolute atomic E-state index is 0.00200. The zero-order chi connectivity index (χ0) is 105. The molecule has 800 valence electrons. The van der Waals surface area contributed by atoms with Crippen molar-refractivity contribution < 1.29 is 164 Å². The van der Waals surface area contributed by atoms with Crippen LogP contribution in [0.15, 0.2) is 29.6 Å². The average molecular weight is 2040 g/mol. The zero-order valence-electron chi connectivity index (χ0n) is 84.4. The lowest BCUT2D eigenvalue weighted by Gasteiger charge is -2.39. The number of rotatable bonds is 72. The van der Waals surface area contributed by atoms with E-state index >= 15 is 0 Å². The zero-order valence-corrected chi connectivity index (χ0v) is 86.9. The Bertz CT molecular complexity index is 3700. The van der Waals surface area contributed by atoms with Crippen LogP contribution in [0.1, 0.15) is 251 Å². The highest BCUT2D eigenvalue weighted by atomic mass is 33.1. The first-order valence-corrected chi connectivity index (χ1v) is 51.3. The number of nitrogens with one attached hydrogen (secondary N) is 5. The Kier molecular flexibility index (Phi) is 75.7. The van der Waals surface area contributed by atoms with Crippen molar-refractivity contribution in [3.8, 4) is 5.75 Å². The summed E-state index contributed by atoms with van der Waals surface area (Å²) in [5.41, 5.74) is 0.773. The number of carboxylic acid groups (broad SMARTS) is 1. The van der Waals surface area contributed by atoms with E-state index in [1.54, 1.807) is 29.9 Å². The maximum atomic E-state index is 14.9.